The number of esters is 1. The fraction of sp³-hybridized carbons (Fsp3) is 0.333. The van der Waals surface area contributed by atoms with Crippen LogP contribution in [0, 0.1) is 0 Å². The van der Waals surface area contributed by atoms with Gasteiger partial charge in [-0.05, 0) is 42.8 Å². The highest BCUT2D eigenvalue weighted by atomic mass is 35.5. The van der Waals surface area contributed by atoms with Gasteiger partial charge >= 0.3 is 5.97 Å². The van der Waals surface area contributed by atoms with Crippen molar-refractivity contribution in [3.05, 3.63) is 52.0 Å². The summed E-state index contributed by atoms with van der Waals surface area (Å²) in [6.07, 6.45) is 0.739. The van der Waals surface area contributed by atoms with E-state index in [2.05, 4.69) is 9.88 Å². The van der Waals surface area contributed by atoms with E-state index in [4.69, 9.17) is 32.4 Å². The van der Waals surface area contributed by atoms with Crippen molar-refractivity contribution in [1.82, 2.24) is 9.88 Å². The second-order valence-corrected chi connectivity index (χ2v) is 9.61. The number of benzene rings is 2. The molecule has 2 aromatic carbocycles. The van der Waals surface area contributed by atoms with Gasteiger partial charge in [0.25, 0.3) is 0 Å². The maximum absolute atomic E-state index is 12.4. The number of nitrogens with zero attached hydrogens (tertiary/aromatic N) is 2. The first-order valence-corrected chi connectivity index (χ1v) is 11.8. The highest BCUT2D eigenvalue weighted by molar-refractivity contribution is 7.85. The minimum atomic E-state index is -0.679. The first kappa shape index (κ1) is 21.3. The monoisotopic (exact) mass is 466 g/mol. The number of hydrogen-bond acceptors (Lipinski definition) is 6. The Morgan fingerprint density at radius 2 is 1.87 bits per heavy atom. The zero-order valence-electron chi connectivity index (χ0n) is 16.1. The summed E-state index contributed by atoms with van der Waals surface area (Å²) < 4.78 is 22.6. The minimum absolute atomic E-state index is 0.332. The van der Waals surface area contributed by atoms with Crippen LogP contribution in [-0.2, 0) is 15.5 Å². The Balaban J connectivity index is 1.37. The molecule has 1 aliphatic rings. The van der Waals surface area contributed by atoms with E-state index < -0.39 is 16.8 Å². The Bertz CT molecular complexity index is 1070. The quantitative estimate of drug-likeness (QED) is 0.395. The lowest BCUT2D eigenvalue weighted by Gasteiger charge is -2.25. The molecule has 2 heterocycles. The minimum Gasteiger partial charge on any atom is -0.462 e. The Hall–Kier alpha value is -1.93. The predicted molar refractivity (Wildman–Crippen MR) is 119 cm³/mol. The molecule has 1 aliphatic heterocycles. The van der Waals surface area contributed by atoms with E-state index in [1.807, 2.05) is 0 Å². The van der Waals surface area contributed by atoms with Crippen LogP contribution in [0.1, 0.15) is 16.8 Å². The maximum Gasteiger partial charge on any atom is 0.338 e. The topological polar surface area (TPSA) is 72.6 Å². The average molecular weight is 467 g/mol. The van der Waals surface area contributed by atoms with Crippen molar-refractivity contribution in [2.45, 2.75) is 6.42 Å². The highest BCUT2D eigenvalue weighted by Gasteiger charge is 2.16. The van der Waals surface area contributed by atoms with Crippen LogP contribution in [0.4, 0.5) is 0 Å². The fourth-order valence-corrected chi connectivity index (χ4v) is 4.94. The molecule has 0 atom stereocenters. The SMILES string of the molecule is O=C(OCCCN1CCS(=O)CC1)c1ccc2nc(-c3cc(Cl)cc(Cl)c3)oc2c1. The van der Waals surface area contributed by atoms with E-state index in [1.165, 1.54) is 0 Å². The smallest absolute Gasteiger partial charge is 0.338 e. The van der Waals surface area contributed by atoms with E-state index in [0.29, 0.717) is 44.8 Å². The molecule has 158 valence electrons. The van der Waals surface area contributed by atoms with Gasteiger partial charge in [0.05, 0.1) is 12.2 Å². The standard InChI is InChI=1S/C21H20Cl2N2O4S/c22-16-10-15(11-17(23)13-16)20-24-18-3-2-14(12-19(18)29-20)21(26)28-7-1-4-25-5-8-30(27)9-6-25/h2-3,10-13H,1,4-9H2. The molecule has 1 aromatic heterocycles. The summed E-state index contributed by atoms with van der Waals surface area (Å²) in [5.74, 6) is 1.42. The predicted octanol–water partition coefficient (Wildman–Crippen LogP) is 4.41. The van der Waals surface area contributed by atoms with Crippen LogP contribution in [0.15, 0.2) is 40.8 Å². The third-order valence-electron chi connectivity index (χ3n) is 4.86. The van der Waals surface area contributed by atoms with E-state index in [9.17, 15) is 9.00 Å². The summed E-state index contributed by atoms with van der Waals surface area (Å²) in [4.78, 5) is 19.1. The molecule has 1 fully saturated rings. The molecule has 6 nitrogen and oxygen atoms in total. The van der Waals surface area contributed by atoms with Crippen molar-refractivity contribution >= 4 is 51.1 Å². The number of hydrogen-bond donors (Lipinski definition) is 0. The van der Waals surface area contributed by atoms with Crippen LogP contribution in [-0.4, -0.2) is 57.8 Å². The van der Waals surface area contributed by atoms with E-state index in [-0.39, 0.29) is 0 Å². The van der Waals surface area contributed by atoms with Gasteiger partial charge in [0.2, 0.25) is 5.89 Å². The Morgan fingerprint density at radius 3 is 2.60 bits per heavy atom. The van der Waals surface area contributed by atoms with Crippen LogP contribution in [0.2, 0.25) is 10.0 Å². The lowest BCUT2D eigenvalue weighted by Crippen LogP contribution is -2.38. The molecule has 4 rings (SSSR count). The normalized spacial score (nSPS) is 15.5. The van der Waals surface area contributed by atoms with Crippen LogP contribution in [0.25, 0.3) is 22.6 Å². The highest BCUT2D eigenvalue weighted by Crippen LogP contribution is 2.29. The van der Waals surface area contributed by atoms with Crippen LogP contribution >= 0.6 is 23.2 Å². The number of fused-ring (bicyclic) bond motifs is 1. The lowest BCUT2D eigenvalue weighted by atomic mass is 10.2. The van der Waals surface area contributed by atoms with Crippen molar-refractivity contribution in [3.8, 4) is 11.5 Å². The molecule has 0 aliphatic carbocycles. The molecule has 1 saturated heterocycles. The number of aromatic nitrogens is 1. The number of rotatable bonds is 6. The molecule has 0 bridgehead atoms. The number of halogens is 2. The fourth-order valence-electron chi connectivity index (χ4n) is 3.29. The molecule has 0 radical (unpaired) electrons. The average Bonchev–Trinajstić information content (AvgIpc) is 3.15. The van der Waals surface area contributed by atoms with E-state index >= 15 is 0 Å². The van der Waals surface area contributed by atoms with Crippen molar-refractivity contribution in [2.24, 2.45) is 0 Å². The summed E-state index contributed by atoms with van der Waals surface area (Å²) in [6.45, 7) is 2.84. The van der Waals surface area contributed by atoms with Gasteiger partial charge in [-0.2, -0.15) is 0 Å². The van der Waals surface area contributed by atoms with Crippen molar-refractivity contribution in [3.63, 3.8) is 0 Å². The van der Waals surface area contributed by atoms with E-state index in [1.54, 1.807) is 36.4 Å². The number of ether oxygens (including phenoxy) is 1. The molecule has 0 saturated carbocycles. The van der Waals surface area contributed by atoms with Gasteiger partial charge in [-0.3, -0.25) is 4.21 Å². The molecular weight excluding hydrogens is 447 g/mol. The number of carbonyl (C=O) groups is 1. The Labute approximate surface area is 186 Å². The largest absolute Gasteiger partial charge is 0.462 e. The van der Waals surface area contributed by atoms with Crippen LogP contribution in [0.3, 0.4) is 0 Å². The molecule has 0 spiro atoms. The molecule has 0 unspecified atom stereocenters. The van der Waals surface area contributed by atoms with Crippen LogP contribution in [0.5, 0.6) is 0 Å². The van der Waals surface area contributed by atoms with Gasteiger partial charge in [0, 0.05) is 57.5 Å². The van der Waals surface area contributed by atoms with Gasteiger partial charge in [-0.15, -0.1) is 0 Å². The van der Waals surface area contributed by atoms with E-state index in [0.717, 1.165) is 37.6 Å². The zero-order chi connectivity index (χ0) is 21.1. The molecule has 0 amide bonds. The number of carbonyl (C=O) groups excluding carboxylic acids is 1. The lowest BCUT2D eigenvalue weighted by molar-refractivity contribution is 0.0489. The summed E-state index contributed by atoms with van der Waals surface area (Å²) in [5, 5.41) is 0.976. The van der Waals surface area contributed by atoms with Crippen molar-refractivity contribution in [1.29, 1.82) is 0 Å². The Kier molecular flexibility index (Phi) is 6.73. The first-order chi connectivity index (χ1) is 14.5. The van der Waals surface area contributed by atoms with Crippen LogP contribution < -0.4 is 0 Å². The second kappa shape index (κ2) is 9.47. The molecule has 3 aromatic rings. The van der Waals surface area contributed by atoms with Gasteiger partial charge < -0.3 is 14.1 Å². The number of oxazole rings is 1. The van der Waals surface area contributed by atoms with Crippen molar-refractivity contribution in [2.75, 3.05) is 37.7 Å². The Morgan fingerprint density at radius 1 is 1.13 bits per heavy atom. The summed E-state index contributed by atoms with van der Waals surface area (Å²) in [5.41, 5.74) is 2.18. The summed E-state index contributed by atoms with van der Waals surface area (Å²) in [7, 11) is -0.679. The van der Waals surface area contributed by atoms with Gasteiger partial charge in [0.1, 0.15) is 5.52 Å². The van der Waals surface area contributed by atoms with Gasteiger partial charge in [0.15, 0.2) is 5.58 Å². The molecule has 30 heavy (non-hydrogen) atoms. The van der Waals surface area contributed by atoms with Crippen molar-refractivity contribution < 1.29 is 18.2 Å². The molecule has 9 heteroatoms. The first-order valence-electron chi connectivity index (χ1n) is 9.59. The summed E-state index contributed by atoms with van der Waals surface area (Å²) >= 11 is 12.1. The maximum atomic E-state index is 12.4. The third kappa shape index (κ3) is 5.21. The van der Waals surface area contributed by atoms with Gasteiger partial charge in [-0.1, -0.05) is 23.2 Å². The summed E-state index contributed by atoms with van der Waals surface area (Å²) in [6, 6.07) is 10.1. The third-order valence-corrected chi connectivity index (χ3v) is 6.57. The second-order valence-electron chi connectivity index (χ2n) is 7.04. The zero-order valence-corrected chi connectivity index (χ0v) is 18.4. The van der Waals surface area contributed by atoms with Gasteiger partial charge in [-0.25, -0.2) is 9.78 Å². The molecular formula is C21H20Cl2N2O4S. The molecule has 0 N–H and O–H groups in total.